The van der Waals surface area contributed by atoms with E-state index in [0.717, 1.165) is 18.4 Å². The standard InChI is InChI=1S/C12H14O3/c1-2-14-12(13)15-11-8-7-9-5-3-4-6-10(9)11/h3-6,11H,2,7-8H2,1H3. The summed E-state index contributed by atoms with van der Waals surface area (Å²) >= 11 is 0. The van der Waals surface area contributed by atoms with Gasteiger partial charge in [-0.3, -0.25) is 0 Å². The minimum atomic E-state index is -0.570. The number of hydrogen-bond acceptors (Lipinski definition) is 3. The molecule has 0 fully saturated rings. The predicted molar refractivity (Wildman–Crippen MR) is 55.6 cm³/mol. The van der Waals surface area contributed by atoms with Crippen LogP contribution in [0.5, 0.6) is 0 Å². The number of aryl methyl sites for hydroxylation is 1. The van der Waals surface area contributed by atoms with Gasteiger partial charge in [0.1, 0.15) is 6.10 Å². The van der Waals surface area contributed by atoms with Gasteiger partial charge in [0.05, 0.1) is 6.61 Å². The molecule has 0 saturated heterocycles. The van der Waals surface area contributed by atoms with E-state index in [1.54, 1.807) is 6.92 Å². The van der Waals surface area contributed by atoms with Gasteiger partial charge in [0.15, 0.2) is 0 Å². The lowest BCUT2D eigenvalue weighted by molar-refractivity contribution is 0.0262. The number of benzene rings is 1. The molecule has 1 aromatic carbocycles. The molecule has 80 valence electrons. The number of ether oxygens (including phenoxy) is 2. The summed E-state index contributed by atoms with van der Waals surface area (Å²) in [5, 5.41) is 0. The van der Waals surface area contributed by atoms with Crippen LogP contribution in [0.2, 0.25) is 0 Å². The molecule has 0 radical (unpaired) electrons. The summed E-state index contributed by atoms with van der Waals surface area (Å²) in [5.41, 5.74) is 2.39. The van der Waals surface area contributed by atoms with E-state index in [4.69, 9.17) is 9.47 Å². The van der Waals surface area contributed by atoms with Gasteiger partial charge in [-0.2, -0.15) is 0 Å². The predicted octanol–water partition coefficient (Wildman–Crippen LogP) is 2.85. The molecule has 1 unspecified atom stereocenters. The van der Waals surface area contributed by atoms with Gasteiger partial charge in [-0.05, 0) is 30.9 Å². The quantitative estimate of drug-likeness (QED) is 0.698. The van der Waals surface area contributed by atoms with Crippen LogP contribution in [0.1, 0.15) is 30.6 Å². The van der Waals surface area contributed by atoms with Crippen molar-refractivity contribution in [1.82, 2.24) is 0 Å². The Hall–Kier alpha value is -1.51. The topological polar surface area (TPSA) is 35.5 Å². The third-order valence-corrected chi connectivity index (χ3v) is 2.58. The lowest BCUT2D eigenvalue weighted by Gasteiger charge is -2.12. The second-order valence-electron chi connectivity index (χ2n) is 3.53. The molecule has 1 aromatic rings. The van der Waals surface area contributed by atoms with Gasteiger partial charge in [-0.25, -0.2) is 4.79 Å². The van der Waals surface area contributed by atoms with Gasteiger partial charge in [0, 0.05) is 0 Å². The summed E-state index contributed by atoms with van der Waals surface area (Å²) in [5.74, 6) is 0. The third-order valence-electron chi connectivity index (χ3n) is 2.58. The molecule has 1 atom stereocenters. The molecule has 0 N–H and O–H groups in total. The van der Waals surface area contributed by atoms with Gasteiger partial charge in [-0.1, -0.05) is 24.3 Å². The monoisotopic (exact) mass is 206 g/mol. The highest BCUT2D eigenvalue weighted by Crippen LogP contribution is 2.33. The van der Waals surface area contributed by atoms with Gasteiger partial charge in [-0.15, -0.1) is 0 Å². The number of hydrogen-bond donors (Lipinski definition) is 0. The first-order valence-corrected chi connectivity index (χ1v) is 5.22. The Morgan fingerprint density at radius 2 is 2.27 bits per heavy atom. The molecular formula is C12H14O3. The molecule has 1 aliphatic carbocycles. The molecule has 3 heteroatoms. The summed E-state index contributed by atoms with van der Waals surface area (Å²) in [4.78, 5) is 11.2. The molecular weight excluding hydrogens is 192 g/mol. The maximum atomic E-state index is 11.2. The Morgan fingerprint density at radius 1 is 1.47 bits per heavy atom. The van der Waals surface area contributed by atoms with Crippen LogP contribution in [0.15, 0.2) is 24.3 Å². The average molecular weight is 206 g/mol. The van der Waals surface area contributed by atoms with Crippen LogP contribution in [-0.4, -0.2) is 12.8 Å². The minimum Gasteiger partial charge on any atom is -0.435 e. The molecule has 0 aromatic heterocycles. The van der Waals surface area contributed by atoms with Crippen LogP contribution in [0.4, 0.5) is 4.79 Å². The first kappa shape index (κ1) is 10.0. The fourth-order valence-electron chi connectivity index (χ4n) is 1.91. The summed E-state index contributed by atoms with van der Waals surface area (Å²) in [6.45, 7) is 2.12. The van der Waals surface area contributed by atoms with Crippen molar-refractivity contribution < 1.29 is 14.3 Å². The summed E-state index contributed by atoms with van der Waals surface area (Å²) < 4.78 is 9.97. The van der Waals surface area contributed by atoms with Crippen LogP contribution in [0, 0.1) is 0 Å². The van der Waals surface area contributed by atoms with Crippen molar-refractivity contribution in [2.24, 2.45) is 0 Å². The molecule has 0 saturated carbocycles. The van der Waals surface area contributed by atoms with Gasteiger partial charge in [0.25, 0.3) is 0 Å². The maximum absolute atomic E-state index is 11.2. The van der Waals surface area contributed by atoms with E-state index in [1.807, 2.05) is 18.2 Å². The molecule has 1 aliphatic rings. The second kappa shape index (κ2) is 4.34. The molecule has 0 bridgehead atoms. The van der Waals surface area contributed by atoms with Crippen molar-refractivity contribution in [3.8, 4) is 0 Å². The lowest BCUT2D eigenvalue weighted by atomic mass is 10.1. The average Bonchev–Trinajstić information content (AvgIpc) is 2.62. The maximum Gasteiger partial charge on any atom is 0.508 e. The Labute approximate surface area is 89.0 Å². The number of fused-ring (bicyclic) bond motifs is 1. The molecule has 0 heterocycles. The van der Waals surface area contributed by atoms with Crippen LogP contribution >= 0.6 is 0 Å². The largest absolute Gasteiger partial charge is 0.508 e. The van der Waals surface area contributed by atoms with Crippen molar-refractivity contribution in [3.63, 3.8) is 0 Å². The first-order valence-electron chi connectivity index (χ1n) is 5.22. The van der Waals surface area contributed by atoms with Gasteiger partial charge >= 0.3 is 6.16 Å². The van der Waals surface area contributed by atoms with E-state index < -0.39 is 6.16 Å². The molecule has 2 rings (SSSR count). The highest BCUT2D eigenvalue weighted by Gasteiger charge is 2.25. The van der Waals surface area contributed by atoms with Crippen molar-refractivity contribution in [3.05, 3.63) is 35.4 Å². The smallest absolute Gasteiger partial charge is 0.435 e. The molecule has 15 heavy (non-hydrogen) atoms. The fraction of sp³-hybridized carbons (Fsp3) is 0.417. The SMILES string of the molecule is CCOC(=O)OC1CCc2ccccc21. The number of carbonyl (C=O) groups excluding carboxylic acids is 1. The molecule has 0 spiro atoms. The minimum absolute atomic E-state index is 0.125. The molecule has 3 nitrogen and oxygen atoms in total. The highest BCUT2D eigenvalue weighted by atomic mass is 16.7. The summed E-state index contributed by atoms with van der Waals surface area (Å²) in [6.07, 6.45) is 1.14. The normalized spacial score (nSPS) is 18.3. The highest BCUT2D eigenvalue weighted by molar-refractivity contribution is 5.60. The second-order valence-corrected chi connectivity index (χ2v) is 3.53. The number of carbonyl (C=O) groups is 1. The van der Waals surface area contributed by atoms with Crippen LogP contribution in [0.25, 0.3) is 0 Å². The first-order chi connectivity index (χ1) is 7.31. The van der Waals surface area contributed by atoms with E-state index in [1.165, 1.54) is 5.56 Å². The Kier molecular flexibility index (Phi) is 2.90. The van der Waals surface area contributed by atoms with Crippen molar-refractivity contribution in [1.29, 1.82) is 0 Å². The van der Waals surface area contributed by atoms with Gasteiger partial charge < -0.3 is 9.47 Å². The zero-order valence-corrected chi connectivity index (χ0v) is 8.73. The van der Waals surface area contributed by atoms with E-state index in [9.17, 15) is 4.79 Å². The van der Waals surface area contributed by atoms with Crippen LogP contribution < -0.4 is 0 Å². The lowest BCUT2D eigenvalue weighted by Crippen LogP contribution is -2.10. The zero-order chi connectivity index (χ0) is 10.7. The van der Waals surface area contributed by atoms with Gasteiger partial charge in [0.2, 0.25) is 0 Å². The van der Waals surface area contributed by atoms with Crippen LogP contribution in [-0.2, 0) is 15.9 Å². The molecule has 0 aliphatic heterocycles. The molecule has 0 amide bonds. The zero-order valence-electron chi connectivity index (χ0n) is 8.73. The van der Waals surface area contributed by atoms with E-state index in [2.05, 4.69) is 6.07 Å². The van der Waals surface area contributed by atoms with E-state index in [0.29, 0.717) is 6.61 Å². The number of rotatable bonds is 2. The third kappa shape index (κ3) is 2.12. The van der Waals surface area contributed by atoms with Crippen molar-refractivity contribution in [2.45, 2.75) is 25.9 Å². The fourth-order valence-corrected chi connectivity index (χ4v) is 1.91. The Bertz CT molecular complexity index is 360. The summed E-state index contributed by atoms with van der Waals surface area (Å²) in [6, 6.07) is 8.05. The van der Waals surface area contributed by atoms with Crippen molar-refractivity contribution in [2.75, 3.05) is 6.61 Å². The Morgan fingerprint density at radius 3 is 3.07 bits per heavy atom. The van der Waals surface area contributed by atoms with Crippen LogP contribution in [0.3, 0.4) is 0 Å². The summed E-state index contributed by atoms with van der Waals surface area (Å²) in [7, 11) is 0. The Balaban J connectivity index is 2.04. The van der Waals surface area contributed by atoms with E-state index >= 15 is 0 Å². The van der Waals surface area contributed by atoms with Crippen molar-refractivity contribution >= 4 is 6.16 Å². The van der Waals surface area contributed by atoms with E-state index in [-0.39, 0.29) is 6.10 Å².